The van der Waals surface area contributed by atoms with E-state index in [4.69, 9.17) is 4.74 Å². The van der Waals surface area contributed by atoms with Crippen LogP contribution in [0.25, 0.3) is 0 Å². The molecule has 4 nitrogen and oxygen atoms in total. The Labute approximate surface area is 162 Å². The lowest BCUT2D eigenvalue weighted by molar-refractivity contribution is -0.128. The number of carbonyl (C=O) groups is 1. The first-order valence-corrected chi connectivity index (χ1v) is 9.93. The summed E-state index contributed by atoms with van der Waals surface area (Å²) >= 11 is 0. The van der Waals surface area contributed by atoms with Crippen LogP contribution in [0.5, 0.6) is 5.75 Å². The first-order chi connectivity index (χ1) is 13.1. The molecule has 0 bridgehead atoms. The second-order valence-corrected chi connectivity index (χ2v) is 7.29. The number of nitrogens with zero attached hydrogens (tertiary/aromatic N) is 1. The maximum atomic E-state index is 12.6. The molecule has 27 heavy (non-hydrogen) atoms. The van der Waals surface area contributed by atoms with Gasteiger partial charge in [-0.2, -0.15) is 0 Å². The molecular formula is C23H30N2O2. The fourth-order valence-corrected chi connectivity index (χ4v) is 3.43. The molecule has 1 amide bonds. The van der Waals surface area contributed by atoms with Crippen LogP contribution in [0.3, 0.4) is 0 Å². The molecule has 2 aromatic carbocycles. The van der Waals surface area contributed by atoms with Crippen LogP contribution < -0.4 is 15.0 Å². The summed E-state index contributed by atoms with van der Waals surface area (Å²) in [5, 5.41) is 3.02. The molecule has 1 aliphatic heterocycles. The van der Waals surface area contributed by atoms with Gasteiger partial charge in [-0.05, 0) is 68.0 Å². The lowest BCUT2D eigenvalue weighted by Gasteiger charge is -2.20. The van der Waals surface area contributed by atoms with Gasteiger partial charge < -0.3 is 15.0 Å². The largest absolute Gasteiger partial charge is 0.480 e. The van der Waals surface area contributed by atoms with Gasteiger partial charge in [-0.3, -0.25) is 4.79 Å². The van der Waals surface area contributed by atoms with Crippen molar-refractivity contribution in [2.45, 2.75) is 52.7 Å². The third kappa shape index (κ3) is 4.82. The Morgan fingerprint density at radius 1 is 1.11 bits per heavy atom. The van der Waals surface area contributed by atoms with Crippen molar-refractivity contribution in [1.82, 2.24) is 5.32 Å². The normalized spacial score (nSPS) is 14.9. The standard InChI is InChI=1S/C23H30N2O2/c1-4-21(27-22-9-7-8-17(2)18(22)3)23(26)24-16-19-10-12-20(13-11-19)25-14-5-6-15-25/h7-13,21H,4-6,14-16H2,1-3H3,(H,24,26)/t21-/m1/s1. The van der Waals surface area contributed by atoms with Gasteiger partial charge in [0.2, 0.25) is 0 Å². The van der Waals surface area contributed by atoms with Gasteiger partial charge in [0.1, 0.15) is 5.75 Å². The van der Waals surface area contributed by atoms with Crippen molar-refractivity contribution < 1.29 is 9.53 Å². The predicted octanol–water partition coefficient (Wildman–Crippen LogP) is 4.38. The maximum Gasteiger partial charge on any atom is 0.261 e. The number of hydrogen-bond donors (Lipinski definition) is 1. The highest BCUT2D eigenvalue weighted by molar-refractivity contribution is 5.81. The van der Waals surface area contributed by atoms with E-state index < -0.39 is 6.10 Å². The lowest BCUT2D eigenvalue weighted by atomic mass is 10.1. The van der Waals surface area contributed by atoms with E-state index in [1.807, 2.05) is 26.0 Å². The number of amides is 1. The summed E-state index contributed by atoms with van der Waals surface area (Å²) in [4.78, 5) is 15.0. The number of benzene rings is 2. The minimum absolute atomic E-state index is 0.0676. The zero-order valence-corrected chi connectivity index (χ0v) is 16.6. The zero-order chi connectivity index (χ0) is 19.2. The lowest BCUT2D eigenvalue weighted by Crippen LogP contribution is -2.37. The monoisotopic (exact) mass is 366 g/mol. The Morgan fingerprint density at radius 2 is 1.81 bits per heavy atom. The molecule has 0 radical (unpaired) electrons. The third-order valence-electron chi connectivity index (χ3n) is 5.36. The topological polar surface area (TPSA) is 41.6 Å². The minimum Gasteiger partial charge on any atom is -0.480 e. The molecule has 0 aliphatic carbocycles. The van der Waals surface area contributed by atoms with E-state index >= 15 is 0 Å². The van der Waals surface area contributed by atoms with Crippen LogP contribution in [0.2, 0.25) is 0 Å². The average Bonchev–Trinajstić information content (AvgIpc) is 3.22. The van der Waals surface area contributed by atoms with Crippen LogP contribution in [0, 0.1) is 13.8 Å². The van der Waals surface area contributed by atoms with Crippen molar-refractivity contribution in [1.29, 1.82) is 0 Å². The Kier molecular flexibility index (Phi) is 6.38. The predicted molar refractivity (Wildman–Crippen MR) is 110 cm³/mol. The van der Waals surface area contributed by atoms with Crippen LogP contribution in [0.1, 0.15) is 42.9 Å². The van der Waals surface area contributed by atoms with Gasteiger partial charge in [0.05, 0.1) is 0 Å². The van der Waals surface area contributed by atoms with Gasteiger partial charge in [0.15, 0.2) is 6.10 Å². The van der Waals surface area contributed by atoms with Gasteiger partial charge in [-0.15, -0.1) is 0 Å². The molecule has 1 N–H and O–H groups in total. The molecule has 4 heteroatoms. The molecular weight excluding hydrogens is 336 g/mol. The molecule has 0 unspecified atom stereocenters. The Morgan fingerprint density at radius 3 is 2.48 bits per heavy atom. The van der Waals surface area contributed by atoms with Crippen LogP contribution >= 0.6 is 0 Å². The van der Waals surface area contributed by atoms with Gasteiger partial charge >= 0.3 is 0 Å². The highest BCUT2D eigenvalue weighted by Crippen LogP contribution is 2.23. The number of anilines is 1. The number of aryl methyl sites for hydroxylation is 1. The molecule has 1 saturated heterocycles. The molecule has 0 saturated carbocycles. The molecule has 0 aromatic heterocycles. The van der Waals surface area contributed by atoms with Crippen molar-refractivity contribution in [3.8, 4) is 5.75 Å². The van der Waals surface area contributed by atoms with Crippen molar-refractivity contribution in [2.75, 3.05) is 18.0 Å². The highest BCUT2D eigenvalue weighted by Gasteiger charge is 2.19. The van der Waals surface area contributed by atoms with Gasteiger partial charge in [0.25, 0.3) is 5.91 Å². The summed E-state index contributed by atoms with van der Waals surface area (Å²) in [7, 11) is 0. The SMILES string of the molecule is CC[C@@H](Oc1cccc(C)c1C)C(=O)NCc1ccc(N2CCCC2)cc1. The smallest absolute Gasteiger partial charge is 0.261 e. The van der Waals surface area contributed by atoms with Crippen molar-refractivity contribution in [3.63, 3.8) is 0 Å². The van der Waals surface area contributed by atoms with E-state index in [9.17, 15) is 4.79 Å². The second-order valence-electron chi connectivity index (χ2n) is 7.29. The molecule has 1 atom stereocenters. The molecule has 2 aromatic rings. The van der Waals surface area contributed by atoms with E-state index in [0.29, 0.717) is 13.0 Å². The first kappa shape index (κ1) is 19.3. The van der Waals surface area contributed by atoms with Crippen LogP contribution in [0.15, 0.2) is 42.5 Å². The minimum atomic E-state index is -0.477. The third-order valence-corrected chi connectivity index (χ3v) is 5.36. The van der Waals surface area contributed by atoms with E-state index in [0.717, 1.165) is 30.0 Å². The summed E-state index contributed by atoms with van der Waals surface area (Å²) in [6.07, 6.45) is 2.70. The Bertz CT molecular complexity index is 764. The van der Waals surface area contributed by atoms with E-state index in [2.05, 4.69) is 47.5 Å². The quantitative estimate of drug-likeness (QED) is 0.791. The number of carbonyl (C=O) groups excluding carboxylic acids is 1. The fourth-order valence-electron chi connectivity index (χ4n) is 3.43. The van der Waals surface area contributed by atoms with Crippen molar-refractivity contribution >= 4 is 11.6 Å². The molecule has 0 spiro atoms. The molecule has 1 fully saturated rings. The summed E-state index contributed by atoms with van der Waals surface area (Å²) < 4.78 is 5.99. The van der Waals surface area contributed by atoms with Crippen molar-refractivity contribution in [2.24, 2.45) is 0 Å². The van der Waals surface area contributed by atoms with Crippen LogP contribution in [0.4, 0.5) is 5.69 Å². The average molecular weight is 367 g/mol. The number of ether oxygens (including phenoxy) is 1. The summed E-state index contributed by atoms with van der Waals surface area (Å²) in [6.45, 7) is 8.85. The summed E-state index contributed by atoms with van der Waals surface area (Å²) in [5.74, 6) is 0.717. The van der Waals surface area contributed by atoms with E-state index in [1.54, 1.807) is 0 Å². The second kappa shape index (κ2) is 8.94. The van der Waals surface area contributed by atoms with Crippen molar-refractivity contribution in [3.05, 3.63) is 59.2 Å². The van der Waals surface area contributed by atoms with E-state index in [1.165, 1.54) is 24.1 Å². The number of rotatable bonds is 7. The number of hydrogen-bond acceptors (Lipinski definition) is 3. The Balaban J connectivity index is 1.56. The van der Waals surface area contributed by atoms with Crippen LogP contribution in [-0.2, 0) is 11.3 Å². The maximum absolute atomic E-state index is 12.6. The van der Waals surface area contributed by atoms with Gasteiger partial charge in [-0.25, -0.2) is 0 Å². The highest BCUT2D eigenvalue weighted by atomic mass is 16.5. The molecule has 1 heterocycles. The summed E-state index contributed by atoms with van der Waals surface area (Å²) in [5.41, 5.74) is 4.63. The number of nitrogens with one attached hydrogen (secondary N) is 1. The molecule has 1 aliphatic rings. The Hall–Kier alpha value is -2.49. The van der Waals surface area contributed by atoms with Crippen LogP contribution in [-0.4, -0.2) is 25.1 Å². The summed E-state index contributed by atoms with van der Waals surface area (Å²) in [6, 6.07) is 14.4. The first-order valence-electron chi connectivity index (χ1n) is 9.93. The molecule has 144 valence electrons. The fraction of sp³-hybridized carbons (Fsp3) is 0.435. The van der Waals surface area contributed by atoms with E-state index in [-0.39, 0.29) is 5.91 Å². The molecule has 3 rings (SSSR count). The zero-order valence-electron chi connectivity index (χ0n) is 16.6. The van der Waals surface area contributed by atoms with Gasteiger partial charge in [0, 0.05) is 25.3 Å². The van der Waals surface area contributed by atoms with Gasteiger partial charge in [-0.1, -0.05) is 31.2 Å².